The highest BCUT2D eigenvalue weighted by Crippen LogP contribution is 2.29. The van der Waals surface area contributed by atoms with Crippen LogP contribution in [0.15, 0.2) is 59.4 Å². The smallest absolute Gasteiger partial charge is 0.262 e. The molecule has 31 heavy (non-hydrogen) atoms. The number of hydrogen-bond donors (Lipinski definition) is 1. The standard InChI is InChI=1S/C23H21N5O3/c1-15-13-21-27(23(31)16-7-2-4-9-18(16)28(21)25-15)14-20(29)24-17-8-3-5-10-19(17)26-12-6-11-22(26)30/h2-5,7-10,13H,6,11-12,14H2,1H3,(H,24,29). The molecule has 5 rings (SSSR count). The van der Waals surface area contributed by atoms with E-state index in [0.29, 0.717) is 40.9 Å². The average molecular weight is 415 g/mol. The molecule has 0 saturated carbocycles. The Hall–Kier alpha value is -3.94. The van der Waals surface area contributed by atoms with Crippen LogP contribution in [0.4, 0.5) is 11.4 Å². The number of aryl methyl sites for hydroxylation is 1. The molecule has 2 aromatic carbocycles. The van der Waals surface area contributed by atoms with Crippen molar-refractivity contribution in [2.75, 3.05) is 16.8 Å². The lowest BCUT2D eigenvalue weighted by atomic mass is 10.2. The monoisotopic (exact) mass is 415 g/mol. The van der Waals surface area contributed by atoms with E-state index >= 15 is 0 Å². The summed E-state index contributed by atoms with van der Waals surface area (Å²) in [4.78, 5) is 40.0. The lowest BCUT2D eigenvalue weighted by Gasteiger charge is -2.20. The first-order valence-corrected chi connectivity index (χ1v) is 10.2. The van der Waals surface area contributed by atoms with Crippen LogP contribution in [-0.4, -0.2) is 32.5 Å². The van der Waals surface area contributed by atoms with Crippen LogP contribution in [0.3, 0.4) is 0 Å². The molecular formula is C23H21N5O3. The van der Waals surface area contributed by atoms with Crippen LogP contribution in [0.1, 0.15) is 18.5 Å². The zero-order valence-corrected chi connectivity index (χ0v) is 17.0. The van der Waals surface area contributed by atoms with E-state index < -0.39 is 0 Å². The summed E-state index contributed by atoms with van der Waals surface area (Å²) in [7, 11) is 0. The Kier molecular flexibility index (Phi) is 4.54. The van der Waals surface area contributed by atoms with Gasteiger partial charge in [-0.1, -0.05) is 24.3 Å². The lowest BCUT2D eigenvalue weighted by Crippen LogP contribution is -2.30. The Balaban J connectivity index is 1.51. The predicted octanol–water partition coefficient (Wildman–Crippen LogP) is 2.72. The molecule has 3 heterocycles. The van der Waals surface area contributed by atoms with Crippen molar-refractivity contribution >= 4 is 39.7 Å². The fourth-order valence-electron chi connectivity index (χ4n) is 4.15. The number of hydrogen-bond acceptors (Lipinski definition) is 4. The number of carbonyl (C=O) groups excluding carboxylic acids is 2. The lowest BCUT2D eigenvalue weighted by molar-refractivity contribution is -0.117. The highest BCUT2D eigenvalue weighted by Gasteiger charge is 2.24. The van der Waals surface area contributed by atoms with E-state index in [2.05, 4.69) is 10.4 Å². The molecule has 1 N–H and O–H groups in total. The van der Waals surface area contributed by atoms with Crippen molar-refractivity contribution in [3.05, 3.63) is 70.6 Å². The van der Waals surface area contributed by atoms with Gasteiger partial charge in [-0.15, -0.1) is 0 Å². The van der Waals surface area contributed by atoms with Gasteiger partial charge in [-0.2, -0.15) is 5.10 Å². The Morgan fingerprint density at radius 3 is 2.68 bits per heavy atom. The van der Waals surface area contributed by atoms with E-state index in [1.165, 1.54) is 4.57 Å². The second kappa shape index (κ2) is 7.39. The van der Waals surface area contributed by atoms with Crippen molar-refractivity contribution in [3.63, 3.8) is 0 Å². The van der Waals surface area contributed by atoms with Crippen molar-refractivity contribution in [1.29, 1.82) is 0 Å². The summed E-state index contributed by atoms with van der Waals surface area (Å²) in [5.74, 6) is -0.305. The maximum absolute atomic E-state index is 13.1. The first-order chi connectivity index (χ1) is 15.0. The maximum Gasteiger partial charge on any atom is 0.262 e. The van der Waals surface area contributed by atoms with E-state index in [9.17, 15) is 14.4 Å². The highest BCUT2D eigenvalue weighted by molar-refractivity contribution is 6.02. The Labute approximate surface area is 177 Å². The number of anilines is 2. The molecule has 2 amide bonds. The SMILES string of the molecule is Cc1cc2n(CC(=O)Nc3ccccc3N3CCCC3=O)c(=O)c3ccccc3n2n1. The number of nitrogens with zero attached hydrogens (tertiary/aromatic N) is 4. The number of nitrogens with one attached hydrogen (secondary N) is 1. The molecule has 1 fully saturated rings. The first-order valence-electron chi connectivity index (χ1n) is 10.2. The Morgan fingerprint density at radius 1 is 1.10 bits per heavy atom. The van der Waals surface area contributed by atoms with Crippen LogP contribution < -0.4 is 15.8 Å². The zero-order valence-electron chi connectivity index (χ0n) is 17.0. The Bertz CT molecular complexity index is 1400. The van der Waals surface area contributed by atoms with E-state index in [4.69, 9.17) is 0 Å². The fourth-order valence-corrected chi connectivity index (χ4v) is 4.15. The molecule has 0 aliphatic carbocycles. The molecule has 0 bridgehead atoms. The number of aromatic nitrogens is 3. The molecule has 2 aromatic heterocycles. The normalized spacial score (nSPS) is 14.0. The molecule has 0 spiro atoms. The number of amides is 2. The number of benzene rings is 2. The van der Waals surface area contributed by atoms with Gasteiger partial charge in [0.05, 0.1) is 28.0 Å². The summed E-state index contributed by atoms with van der Waals surface area (Å²) in [6.07, 6.45) is 1.31. The molecule has 8 heteroatoms. The third-order valence-electron chi connectivity index (χ3n) is 5.54. The van der Waals surface area contributed by atoms with Crippen molar-refractivity contribution in [2.45, 2.75) is 26.3 Å². The molecule has 1 aliphatic rings. The first kappa shape index (κ1) is 19.0. The number of rotatable bonds is 4. The Morgan fingerprint density at radius 2 is 1.87 bits per heavy atom. The topological polar surface area (TPSA) is 88.7 Å². The van der Waals surface area contributed by atoms with Crippen LogP contribution in [0.2, 0.25) is 0 Å². The molecular weight excluding hydrogens is 394 g/mol. The van der Waals surface area contributed by atoms with Crippen LogP contribution in [0, 0.1) is 6.92 Å². The molecule has 0 atom stereocenters. The van der Waals surface area contributed by atoms with Crippen molar-refractivity contribution < 1.29 is 9.59 Å². The van der Waals surface area contributed by atoms with Crippen LogP contribution in [0.25, 0.3) is 16.6 Å². The molecule has 4 aromatic rings. The predicted molar refractivity (Wildman–Crippen MR) is 118 cm³/mol. The molecule has 8 nitrogen and oxygen atoms in total. The number of carbonyl (C=O) groups is 2. The molecule has 0 radical (unpaired) electrons. The minimum Gasteiger partial charge on any atom is -0.323 e. The minimum absolute atomic E-state index is 0.0453. The van der Waals surface area contributed by atoms with Crippen molar-refractivity contribution in [1.82, 2.24) is 14.2 Å². The number of para-hydroxylation sites is 3. The summed E-state index contributed by atoms with van der Waals surface area (Å²) >= 11 is 0. The van der Waals surface area contributed by atoms with Gasteiger partial charge in [0.2, 0.25) is 11.8 Å². The summed E-state index contributed by atoms with van der Waals surface area (Å²) in [5, 5.41) is 7.87. The van der Waals surface area contributed by atoms with Gasteiger partial charge in [0.1, 0.15) is 12.2 Å². The molecule has 0 unspecified atom stereocenters. The second-order valence-corrected chi connectivity index (χ2v) is 7.68. The van der Waals surface area contributed by atoms with Gasteiger partial charge < -0.3 is 10.2 Å². The third kappa shape index (κ3) is 3.26. The third-order valence-corrected chi connectivity index (χ3v) is 5.54. The summed E-state index contributed by atoms with van der Waals surface area (Å²) in [5.41, 5.74) is 2.99. The maximum atomic E-state index is 13.1. The van der Waals surface area contributed by atoms with Crippen LogP contribution in [0.5, 0.6) is 0 Å². The average Bonchev–Trinajstić information content (AvgIpc) is 3.37. The van der Waals surface area contributed by atoms with Crippen molar-refractivity contribution in [3.8, 4) is 0 Å². The van der Waals surface area contributed by atoms with E-state index in [1.54, 1.807) is 39.7 Å². The van der Waals surface area contributed by atoms with Crippen LogP contribution in [-0.2, 0) is 16.1 Å². The highest BCUT2D eigenvalue weighted by atomic mass is 16.2. The summed E-state index contributed by atoms with van der Waals surface area (Å²) in [6.45, 7) is 2.31. The second-order valence-electron chi connectivity index (χ2n) is 7.68. The minimum atomic E-state index is -0.350. The van der Waals surface area contributed by atoms with Gasteiger partial charge in [-0.3, -0.25) is 19.0 Å². The molecule has 1 saturated heterocycles. The summed E-state index contributed by atoms with van der Waals surface area (Å²) in [6, 6.07) is 16.2. The van der Waals surface area contributed by atoms with Gasteiger partial charge in [-0.25, -0.2) is 4.52 Å². The molecule has 1 aliphatic heterocycles. The van der Waals surface area contributed by atoms with Crippen molar-refractivity contribution in [2.24, 2.45) is 0 Å². The van der Waals surface area contributed by atoms with E-state index in [-0.39, 0.29) is 23.9 Å². The zero-order chi connectivity index (χ0) is 21.5. The van der Waals surface area contributed by atoms with Gasteiger partial charge in [0, 0.05) is 19.0 Å². The fraction of sp³-hybridized carbons (Fsp3) is 0.217. The van der Waals surface area contributed by atoms with E-state index in [1.807, 2.05) is 31.2 Å². The van der Waals surface area contributed by atoms with Gasteiger partial charge in [0.15, 0.2) is 0 Å². The summed E-state index contributed by atoms with van der Waals surface area (Å²) < 4.78 is 3.12. The van der Waals surface area contributed by atoms with Gasteiger partial charge in [0.25, 0.3) is 5.56 Å². The van der Waals surface area contributed by atoms with Gasteiger partial charge in [-0.05, 0) is 37.6 Å². The van der Waals surface area contributed by atoms with Crippen LogP contribution >= 0.6 is 0 Å². The largest absolute Gasteiger partial charge is 0.323 e. The van der Waals surface area contributed by atoms with E-state index in [0.717, 1.165) is 12.1 Å². The molecule has 156 valence electrons. The van der Waals surface area contributed by atoms with Gasteiger partial charge >= 0.3 is 0 Å². The number of fused-ring (bicyclic) bond motifs is 3. The quantitative estimate of drug-likeness (QED) is 0.555.